The number of hydrogen-bond acceptors (Lipinski definition) is 4. The molecule has 0 radical (unpaired) electrons. The lowest BCUT2D eigenvalue weighted by Gasteiger charge is -2.12. The molecule has 1 unspecified atom stereocenters. The van der Waals surface area contributed by atoms with E-state index in [4.69, 9.17) is 5.11 Å². The average Bonchev–Trinajstić information content (AvgIpc) is 2.37. The van der Waals surface area contributed by atoms with Gasteiger partial charge in [-0.2, -0.15) is 0 Å². The van der Waals surface area contributed by atoms with Crippen molar-refractivity contribution in [2.24, 2.45) is 0 Å². The van der Waals surface area contributed by atoms with Crippen molar-refractivity contribution in [3.8, 4) is 0 Å². The van der Waals surface area contributed by atoms with E-state index < -0.39 is 17.9 Å². The Morgan fingerprint density at radius 1 is 1.26 bits per heavy atom. The standard InChI is InChI=1S/C13H15NO4S/c1-8(15)14-11(13(17)18)7-12(16)9-3-5-10(19-2)6-4-9/h3-6,11H,7H2,1-2H3,(H,14,15)(H,17,18). The molecule has 0 aliphatic rings. The number of Topliss-reactive ketones (excluding diaryl/α,β-unsaturated/α-hetero) is 1. The van der Waals surface area contributed by atoms with Crippen LogP contribution < -0.4 is 5.32 Å². The summed E-state index contributed by atoms with van der Waals surface area (Å²) in [6.45, 7) is 1.22. The molecule has 0 heterocycles. The van der Waals surface area contributed by atoms with Crippen LogP contribution in [-0.4, -0.2) is 35.1 Å². The molecule has 102 valence electrons. The molecule has 1 rings (SSSR count). The molecule has 0 fully saturated rings. The fourth-order valence-electron chi connectivity index (χ4n) is 1.53. The van der Waals surface area contributed by atoms with E-state index in [0.29, 0.717) is 5.56 Å². The summed E-state index contributed by atoms with van der Waals surface area (Å²) < 4.78 is 0. The van der Waals surface area contributed by atoms with Gasteiger partial charge >= 0.3 is 5.97 Å². The Bertz CT molecular complexity index is 484. The third-order valence-electron chi connectivity index (χ3n) is 2.48. The summed E-state index contributed by atoms with van der Waals surface area (Å²) in [4.78, 5) is 34.7. The maximum absolute atomic E-state index is 11.9. The predicted molar refractivity (Wildman–Crippen MR) is 72.4 cm³/mol. The number of ketones is 1. The number of carbonyl (C=O) groups is 3. The second-order valence-corrected chi connectivity index (χ2v) is 4.83. The molecule has 0 aliphatic heterocycles. The van der Waals surface area contributed by atoms with Crippen molar-refractivity contribution in [3.63, 3.8) is 0 Å². The van der Waals surface area contributed by atoms with E-state index in [1.54, 1.807) is 36.0 Å². The van der Waals surface area contributed by atoms with Gasteiger partial charge in [0.25, 0.3) is 0 Å². The molecule has 0 aromatic heterocycles. The fraction of sp³-hybridized carbons (Fsp3) is 0.308. The van der Waals surface area contributed by atoms with Crippen molar-refractivity contribution in [1.82, 2.24) is 5.32 Å². The highest BCUT2D eigenvalue weighted by Gasteiger charge is 2.22. The van der Waals surface area contributed by atoms with Crippen LogP contribution in [0.4, 0.5) is 0 Å². The molecule has 1 amide bonds. The third kappa shape index (κ3) is 4.75. The first-order valence-electron chi connectivity index (χ1n) is 5.61. The van der Waals surface area contributed by atoms with E-state index in [1.165, 1.54) is 6.92 Å². The predicted octanol–water partition coefficient (Wildman–Crippen LogP) is 1.57. The number of thioether (sulfide) groups is 1. The Labute approximate surface area is 115 Å². The number of amides is 1. The van der Waals surface area contributed by atoms with Crippen molar-refractivity contribution in [2.75, 3.05) is 6.26 Å². The zero-order chi connectivity index (χ0) is 14.4. The maximum atomic E-state index is 11.9. The second kappa shape index (κ2) is 6.94. The van der Waals surface area contributed by atoms with Crippen LogP contribution in [0.25, 0.3) is 0 Å². The molecule has 0 saturated carbocycles. The highest BCUT2D eigenvalue weighted by Crippen LogP contribution is 2.16. The number of rotatable bonds is 6. The number of benzene rings is 1. The van der Waals surface area contributed by atoms with E-state index in [9.17, 15) is 14.4 Å². The Kier molecular flexibility index (Phi) is 5.57. The summed E-state index contributed by atoms with van der Waals surface area (Å²) in [6, 6.07) is 5.71. The average molecular weight is 281 g/mol. The Balaban J connectivity index is 2.75. The first-order valence-corrected chi connectivity index (χ1v) is 6.83. The van der Waals surface area contributed by atoms with Crippen LogP contribution >= 0.6 is 11.8 Å². The van der Waals surface area contributed by atoms with Crippen LogP contribution in [0.3, 0.4) is 0 Å². The molecule has 0 spiro atoms. The Morgan fingerprint density at radius 3 is 2.26 bits per heavy atom. The van der Waals surface area contributed by atoms with Gasteiger partial charge in [-0.05, 0) is 18.4 Å². The lowest BCUT2D eigenvalue weighted by Crippen LogP contribution is -2.41. The first kappa shape index (κ1) is 15.2. The molecule has 6 heteroatoms. The van der Waals surface area contributed by atoms with Crippen LogP contribution in [0.15, 0.2) is 29.2 Å². The summed E-state index contributed by atoms with van der Waals surface area (Å²) in [5, 5.41) is 11.2. The summed E-state index contributed by atoms with van der Waals surface area (Å²) in [7, 11) is 0. The largest absolute Gasteiger partial charge is 0.480 e. The fourth-order valence-corrected chi connectivity index (χ4v) is 1.93. The van der Waals surface area contributed by atoms with Crippen LogP contribution in [-0.2, 0) is 9.59 Å². The van der Waals surface area contributed by atoms with Gasteiger partial charge in [0, 0.05) is 23.8 Å². The minimum Gasteiger partial charge on any atom is -0.480 e. The number of carbonyl (C=O) groups excluding carboxylic acids is 2. The van der Waals surface area contributed by atoms with Crippen molar-refractivity contribution in [3.05, 3.63) is 29.8 Å². The topological polar surface area (TPSA) is 83.5 Å². The van der Waals surface area contributed by atoms with Gasteiger partial charge in [0.2, 0.25) is 5.91 Å². The Hall–Kier alpha value is -1.82. The molecular weight excluding hydrogens is 266 g/mol. The van der Waals surface area contributed by atoms with E-state index in [1.807, 2.05) is 6.26 Å². The van der Waals surface area contributed by atoms with Crippen molar-refractivity contribution >= 4 is 29.4 Å². The van der Waals surface area contributed by atoms with Crippen molar-refractivity contribution in [2.45, 2.75) is 24.3 Å². The first-order chi connectivity index (χ1) is 8.93. The molecule has 1 aromatic rings. The van der Waals surface area contributed by atoms with E-state index >= 15 is 0 Å². The SMILES string of the molecule is CSc1ccc(C(=O)CC(NC(C)=O)C(=O)O)cc1. The molecule has 2 N–H and O–H groups in total. The monoisotopic (exact) mass is 281 g/mol. The van der Waals surface area contributed by atoms with Gasteiger partial charge < -0.3 is 10.4 Å². The number of nitrogens with one attached hydrogen (secondary N) is 1. The normalized spacial score (nSPS) is 11.7. The summed E-state index contributed by atoms with van der Waals surface area (Å²) in [5.74, 6) is -2.00. The van der Waals surface area contributed by atoms with Gasteiger partial charge in [0.1, 0.15) is 6.04 Å². The number of hydrogen-bond donors (Lipinski definition) is 2. The molecule has 0 saturated heterocycles. The van der Waals surface area contributed by atoms with Gasteiger partial charge in [0.05, 0.1) is 0 Å². The minimum absolute atomic E-state index is 0.256. The summed E-state index contributed by atoms with van der Waals surface area (Å²) in [6.07, 6.45) is 1.67. The van der Waals surface area contributed by atoms with Crippen LogP contribution in [0.5, 0.6) is 0 Å². The molecule has 1 aromatic carbocycles. The third-order valence-corrected chi connectivity index (χ3v) is 3.22. The lowest BCUT2D eigenvalue weighted by molar-refractivity contribution is -0.141. The zero-order valence-electron chi connectivity index (χ0n) is 10.7. The zero-order valence-corrected chi connectivity index (χ0v) is 11.5. The molecule has 5 nitrogen and oxygen atoms in total. The van der Waals surface area contributed by atoms with Crippen molar-refractivity contribution in [1.29, 1.82) is 0 Å². The van der Waals surface area contributed by atoms with E-state index in [2.05, 4.69) is 5.32 Å². The molecule has 19 heavy (non-hydrogen) atoms. The van der Waals surface area contributed by atoms with Gasteiger partial charge in [-0.25, -0.2) is 4.79 Å². The van der Waals surface area contributed by atoms with Crippen LogP contribution in [0.2, 0.25) is 0 Å². The van der Waals surface area contributed by atoms with Crippen LogP contribution in [0, 0.1) is 0 Å². The van der Waals surface area contributed by atoms with Gasteiger partial charge in [-0.3, -0.25) is 9.59 Å². The van der Waals surface area contributed by atoms with E-state index in [0.717, 1.165) is 4.90 Å². The van der Waals surface area contributed by atoms with Crippen molar-refractivity contribution < 1.29 is 19.5 Å². The summed E-state index contributed by atoms with van der Waals surface area (Å²) in [5.41, 5.74) is 0.439. The lowest BCUT2D eigenvalue weighted by atomic mass is 10.0. The van der Waals surface area contributed by atoms with Gasteiger partial charge in [0.15, 0.2) is 5.78 Å². The highest BCUT2D eigenvalue weighted by molar-refractivity contribution is 7.98. The van der Waals surface area contributed by atoms with Gasteiger partial charge in [-0.15, -0.1) is 11.8 Å². The Morgan fingerprint density at radius 2 is 1.84 bits per heavy atom. The molecular formula is C13H15NO4S. The smallest absolute Gasteiger partial charge is 0.326 e. The minimum atomic E-state index is -1.22. The summed E-state index contributed by atoms with van der Waals surface area (Å²) >= 11 is 1.55. The number of carboxylic acid groups (broad SMARTS) is 1. The highest BCUT2D eigenvalue weighted by atomic mass is 32.2. The number of aliphatic carboxylic acids is 1. The molecule has 0 bridgehead atoms. The van der Waals surface area contributed by atoms with Crippen LogP contribution in [0.1, 0.15) is 23.7 Å². The quantitative estimate of drug-likeness (QED) is 0.611. The van der Waals surface area contributed by atoms with E-state index in [-0.39, 0.29) is 12.2 Å². The molecule has 1 atom stereocenters. The maximum Gasteiger partial charge on any atom is 0.326 e. The number of carboxylic acids is 1. The molecule has 0 aliphatic carbocycles. The van der Waals surface area contributed by atoms with Gasteiger partial charge in [-0.1, -0.05) is 12.1 Å². The second-order valence-electron chi connectivity index (χ2n) is 3.95.